The zero-order valence-electron chi connectivity index (χ0n) is 11.1. The van der Waals surface area contributed by atoms with Gasteiger partial charge in [0, 0.05) is 25.0 Å². The molecule has 0 bridgehead atoms. The molecule has 0 aromatic heterocycles. The first-order chi connectivity index (χ1) is 8.75. The molecule has 0 radical (unpaired) electrons. The largest absolute Gasteiger partial charge is 0.493 e. The zero-order valence-corrected chi connectivity index (χ0v) is 11.1. The first-order valence-electron chi connectivity index (χ1n) is 6.91. The third-order valence-corrected chi connectivity index (χ3v) is 4.08. The minimum absolute atomic E-state index is 0.287. The van der Waals surface area contributed by atoms with Gasteiger partial charge in [-0.15, -0.1) is 0 Å². The first kappa shape index (κ1) is 12.0. The molecule has 0 aliphatic carbocycles. The van der Waals surface area contributed by atoms with Crippen LogP contribution in [0.25, 0.3) is 0 Å². The molecule has 18 heavy (non-hydrogen) atoms. The lowest BCUT2D eigenvalue weighted by atomic mass is 9.84. The molecule has 1 atom stereocenters. The van der Waals surface area contributed by atoms with Crippen molar-refractivity contribution in [1.29, 1.82) is 0 Å². The molecule has 3 nitrogen and oxygen atoms in total. The molecule has 3 heteroatoms. The summed E-state index contributed by atoms with van der Waals surface area (Å²) in [4.78, 5) is 0. The third-order valence-electron chi connectivity index (χ3n) is 4.08. The lowest BCUT2D eigenvalue weighted by molar-refractivity contribution is 0.129. The monoisotopic (exact) mass is 246 g/mol. The normalized spacial score (nSPS) is 26.9. The minimum Gasteiger partial charge on any atom is -0.493 e. The van der Waals surface area contributed by atoms with Crippen molar-refractivity contribution < 1.29 is 4.74 Å². The SMILES string of the molecule is CC1(COc2ccc3c(c2)CNC3)CCCNC1. The summed E-state index contributed by atoms with van der Waals surface area (Å²) in [6.45, 7) is 7.32. The van der Waals surface area contributed by atoms with Crippen molar-refractivity contribution in [3.05, 3.63) is 29.3 Å². The van der Waals surface area contributed by atoms with Crippen LogP contribution in [0.2, 0.25) is 0 Å². The number of nitrogens with one attached hydrogen (secondary N) is 2. The fourth-order valence-corrected chi connectivity index (χ4v) is 2.86. The van der Waals surface area contributed by atoms with Crippen molar-refractivity contribution in [1.82, 2.24) is 10.6 Å². The summed E-state index contributed by atoms with van der Waals surface area (Å²) in [7, 11) is 0. The van der Waals surface area contributed by atoms with E-state index in [0.717, 1.165) is 38.5 Å². The van der Waals surface area contributed by atoms with Gasteiger partial charge in [0.05, 0.1) is 6.61 Å². The molecule has 1 unspecified atom stereocenters. The number of hydrogen-bond acceptors (Lipinski definition) is 3. The second kappa shape index (κ2) is 4.90. The van der Waals surface area contributed by atoms with E-state index in [9.17, 15) is 0 Å². The predicted molar refractivity (Wildman–Crippen MR) is 72.7 cm³/mol. The highest BCUT2D eigenvalue weighted by molar-refractivity contribution is 5.37. The van der Waals surface area contributed by atoms with Crippen LogP contribution in [0.5, 0.6) is 5.75 Å². The van der Waals surface area contributed by atoms with Gasteiger partial charge in [-0.25, -0.2) is 0 Å². The summed E-state index contributed by atoms with van der Waals surface area (Å²) in [5.41, 5.74) is 3.09. The van der Waals surface area contributed by atoms with Crippen LogP contribution < -0.4 is 15.4 Å². The summed E-state index contributed by atoms with van der Waals surface area (Å²) >= 11 is 0. The molecule has 2 N–H and O–H groups in total. The Balaban J connectivity index is 1.62. The van der Waals surface area contributed by atoms with Gasteiger partial charge in [0.15, 0.2) is 0 Å². The summed E-state index contributed by atoms with van der Waals surface area (Å²) in [5.74, 6) is 1.02. The first-order valence-corrected chi connectivity index (χ1v) is 6.91. The van der Waals surface area contributed by atoms with Crippen molar-refractivity contribution in [3.63, 3.8) is 0 Å². The fourth-order valence-electron chi connectivity index (χ4n) is 2.86. The van der Waals surface area contributed by atoms with Crippen LogP contribution in [-0.4, -0.2) is 19.7 Å². The number of fused-ring (bicyclic) bond motifs is 1. The number of piperidine rings is 1. The van der Waals surface area contributed by atoms with Gasteiger partial charge in [0.1, 0.15) is 5.75 Å². The molecule has 2 aliphatic heterocycles. The van der Waals surface area contributed by atoms with Crippen molar-refractivity contribution in [2.45, 2.75) is 32.9 Å². The lowest BCUT2D eigenvalue weighted by Crippen LogP contribution is -2.41. The van der Waals surface area contributed by atoms with Crippen LogP contribution in [0.3, 0.4) is 0 Å². The second-order valence-electron chi connectivity index (χ2n) is 5.91. The average molecular weight is 246 g/mol. The highest BCUT2D eigenvalue weighted by atomic mass is 16.5. The Morgan fingerprint density at radius 3 is 2.94 bits per heavy atom. The molecule has 1 saturated heterocycles. The predicted octanol–water partition coefficient (Wildman–Crippen LogP) is 2.06. The van der Waals surface area contributed by atoms with E-state index in [0.29, 0.717) is 0 Å². The van der Waals surface area contributed by atoms with Crippen molar-refractivity contribution in [3.8, 4) is 5.75 Å². The van der Waals surface area contributed by atoms with Gasteiger partial charge in [0.2, 0.25) is 0 Å². The summed E-state index contributed by atoms with van der Waals surface area (Å²) in [5, 5.41) is 6.83. The third kappa shape index (κ3) is 2.52. The highest BCUT2D eigenvalue weighted by Gasteiger charge is 2.27. The van der Waals surface area contributed by atoms with E-state index >= 15 is 0 Å². The molecule has 1 aromatic carbocycles. The molecule has 1 fully saturated rings. The lowest BCUT2D eigenvalue weighted by Gasteiger charge is -2.33. The van der Waals surface area contributed by atoms with E-state index in [-0.39, 0.29) is 5.41 Å². The van der Waals surface area contributed by atoms with Gasteiger partial charge < -0.3 is 15.4 Å². The van der Waals surface area contributed by atoms with E-state index in [4.69, 9.17) is 4.74 Å². The molecule has 1 aromatic rings. The molecule has 0 spiro atoms. The van der Waals surface area contributed by atoms with Gasteiger partial charge in [-0.1, -0.05) is 13.0 Å². The van der Waals surface area contributed by atoms with Crippen LogP contribution >= 0.6 is 0 Å². The number of ether oxygens (including phenoxy) is 1. The maximum absolute atomic E-state index is 6.01. The summed E-state index contributed by atoms with van der Waals surface area (Å²) < 4.78 is 6.01. The number of rotatable bonds is 3. The molecular weight excluding hydrogens is 224 g/mol. The quantitative estimate of drug-likeness (QED) is 0.856. The van der Waals surface area contributed by atoms with Gasteiger partial charge in [0.25, 0.3) is 0 Å². The van der Waals surface area contributed by atoms with Crippen LogP contribution in [0, 0.1) is 5.41 Å². The Labute approximate surface area is 109 Å². The minimum atomic E-state index is 0.287. The van der Waals surface area contributed by atoms with Crippen LogP contribution in [-0.2, 0) is 13.1 Å². The molecular formula is C15H22N2O. The Kier molecular flexibility index (Phi) is 3.27. The van der Waals surface area contributed by atoms with E-state index < -0.39 is 0 Å². The van der Waals surface area contributed by atoms with Gasteiger partial charge >= 0.3 is 0 Å². The molecule has 2 aliphatic rings. The van der Waals surface area contributed by atoms with Crippen LogP contribution in [0.1, 0.15) is 30.9 Å². The Bertz CT molecular complexity index is 425. The van der Waals surface area contributed by atoms with E-state index in [1.807, 2.05) is 0 Å². The van der Waals surface area contributed by atoms with Gasteiger partial charge in [-0.2, -0.15) is 0 Å². The van der Waals surface area contributed by atoms with Crippen molar-refractivity contribution in [2.75, 3.05) is 19.7 Å². The van der Waals surface area contributed by atoms with E-state index in [1.54, 1.807) is 0 Å². The van der Waals surface area contributed by atoms with Crippen LogP contribution in [0.15, 0.2) is 18.2 Å². The summed E-state index contributed by atoms with van der Waals surface area (Å²) in [6.07, 6.45) is 2.51. The topological polar surface area (TPSA) is 33.3 Å². The van der Waals surface area contributed by atoms with E-state index in [2.05, 4.69) is 35.8 Å². The maximum atomic E-state index is 6.01. The molecule has 0 amide bonds. The van der Waals surface area contributed by atoms with E-state index in [1.165, 1.54) is 24.0 Å². The average Bonchev–Trinajstić information content (AvgIpc) is 2.85. The van der Waals surface area contributed by atoms with Gasteiger partial charge in [-0.05, 0) is 42.6 Å². The van der Waals surface area contributed by atoms with Crippen molar-refractivity contribution >= 4 is 0 Å². The molecule has 98 valence electrons. The smallest absolute Gasteiger partial charge is 0.119 e. The molecule has 2 heterocycles. The Morgan fingerprint density at radius 2 is 2.11 bits per heavy atom. The highest BCUT2D eigenvalue weighted by Crippen LogP contribution is 2.28. The maximum Gasteiger partial charge on any atom is 0.119 e. The van der Waals surface area contributed by atoms with Crippen LogP contribution in [0.4, 0.5) is 0 Å². The number of hydrogen-bond donors (Lipinski definition) is 2. The molecule has 3 rings (SSSR count). The Morgan fingerprint density at radius 1 is 1.22 bits per heavy atom. The zero-order chi connectivity index (χ0) is 12.4. The Hall–Kier alpha value is -1.06. The number of benzene rings is 1. The standard InChI is InChI=1S/C15H22N2O/c1-15(5-2-6-16-10-15)11-18-14-4-3-12-8-17-9-13(12)7-14/h3-4,7,16-17H,2,5-6,8-11H2,1H3. The molecule has 0 saturated carbocycles. The fraction of sp³-hybridized carbons (Fsp3) is 0.600. The summed E-state index contributed by atoms with van der Waals surface area (Å²) in [6, 6.07) is 6.48. The second-order valence-corrected chi connectivity index (χ2v) is 5.91. The van der Waals surface area contributed by atoms with Crippen molar-refractivity contribution in [2.24, 2.45) is 5.41 Å². The van der Waals surface area contributed by atoms with Gasteiger partial charge in [-0.3, -0.25) is 0 Å².